The van der Waals surface area contributed by atoms with Crippen molar-refractivity contribution in [3.05, 3.63) is 59.7 Å². The van der Waals surface area contributed by atoms with Crippen LogP contribution in [0.15, 0.2) is 48.5 Å². The summed E-state index contributed by atoms with van der Waals surface area (Å²) in [7, 11) is 0. The first-order chi connectivity index (χ1) is 12.5. The molecule has 3 rings (SSSR count). The maximum absolute atomic E-state index is 5.75. The molecule has 2 aromatic carbocycles. The largest absolute Gasteiger partial charge is 0.491 e. The standard InChI is InChI=1S/C22H28O4/c1-5-23-16(2)26-20-12-8-18(9-13-20)22(3,4)17-6-10-19(11-7-17)24-14-21-15-25-21/h6-13,16,21H,5,14-15H2,1-4H3. The van der Waals surface area contributed by atoms with Gasteiger partial charge in [-0.1, -0.05) is 38.1 Å². The second kappa shape index (κ2) is 8.11. The van der Waals surface area contributed by atoms with Crippen molar-refractivity contribution in [2.75, 3.05) is 19.8 Å². The molecule has 1 aliphatic rings. The molecule has 26 heavy (non-hydrogen) atoms. The average molecular weight is 356 g/mol. The number of rotatable bonds is 9. The molecular formula is C22H28O4. The molecule has 1 saturated heterocycles. The number of benzene rings is 2. The molecule has 0 bridgehead atoms. The Labute approximate surface area is 156 Å². The van der Waals surface area contributed by atoms with Gasteiger partial charge in [-0.3, -0.25) is 0 Å². The first-order valence-electron chi connectivity index (χ1n) is 9.23. The summed E-state index contributed by atoms with van der Waals surface area (Å²) < 4.78 is 22.1. The fourth-order valence-corrected chi connectivity index (χ4v) is 2.90. The number of hydrogen-bond donors (Lipinski definition) is 0. The van der Waals surface area contributed by atoms with Crippen molar-refractivity contribution < 1.29 is 18.9 Å². The van der Waals surface area contributed by atoms with Crippen LogP contribution in [0, 0.1) is 0 Å². The Kier molecular flexibility index (Phi) is 5.84. The lowest BCUT2D eigenvalue weighted by atomic mass is 9.78. The van der Waals surface area contributed by atoms with Crippen molar-refractivity contribution in [3.8, 4) is 11.5 Å². The zero-order valence-corrected chi connectivity index (χ0v) is 16.0. The molecule has 0 aliphatic carbocycles. The van der Waals surface area contributed by atoms with Gasteiger partial charge < -0.3 is 18.9 Å². The summed E-state index contributed by atoms with van der Waals surface area (Å²) in [5, 5.41) is 0. The Morgan fingerprint density at radius 2 is 1.54 bits per heavy atom. The van der Waals surface area contributed by atoms with Gasteiger partial charge in [-0.25, -0.2) is 0 Å². The lowest BCUT2D eigenvalue weighted by molar-refractivity contribution is -0.0613. The number of epoxide rings is 1. The molecule has 140 valence electrons. The van der Waals surface area contributed by atoms with Crippen molar-refractivity contribution in [3.63, 3.8) is 0 Å². The van der Waals surface area contributed by atoms with E-state index in [0.717, 1.165) is 18.1 Å². The predicted molar refractivity (Wildman–Crippen MR) is 102 cm³/mol. The monoisotopic (exact) mass is 356 g/mol. The molecule has 2 atom stereocenters. The van der Waals surface area contributed by atoms with Gasteiger partial charge in [0, 0.05) is 12.0 Å². The molecule has 1 aliphatic heterocycles. The second-order valence-corrected chi connectivity index (χ2v) is 7.08. The van der Waals surface area contributed by atoms with Gasteiger partial charge in [-0.05, 0) is 49.2 Å². The molecule has 0 radical (unpaired) electrons. The average Bonchev–Trinajstić information content (AvgIpc) is 3.45. The highest BCUT2D eigenvalue weighted by molar-refractivity contribution is 5.41. The Morgan fingerprint density at radius 1 is 1.00 bits per heavy atom. The predicted octanol–water partition coefficient (Wildman–Crippen LogP) is 4.55. The third-order valence-corrected chi connectivity index (χ3v) is 4.69. The Bertz CT molecular complexity index is 687. The summed E-state index contributed by atoms with van der Waals surface area (Å²) in [5.74, 6) is 1.70. The second-order valence-electron chi connectivity index (χ2n) is 7.08. The van der Waals surface area contributed by atoms with Gasteiger partial charge in [-0.15, -0.1) is 0 Å². The van der Waals surface area contributed by atoms with Crippen LogP contribution in [0.25, 0.3) is 0 Å². The highest BCUT2D eigenvalue weighted by Crippen LogP contribution is 2.33. The van der Waals surface area contributed by atoms with E-state index in [4.69, 9.17) is 18.9 Å². The maximum Gasteiger partial charge on any atom is 0.196 e. The van der Waals surface area contributed by atoms with Gasteiger partial charge in [0.2, 0.25) is 0 Å². The van der Waals surface area contributed by atoms with Crippen LogP contribution in [-0.2, 0) is 14.9 Å². The summed E-state index contributed by atoms with van der Waals surface area (Å²) in [6.45, 7) is 10.4. The molecule has 0 amide bonds. The van der Waals surface area contributed by atoms with Crippen LogP contribution in [0.2, 0.25) is 0 Å². The zero-order valence-electron chi connectivity index (χ0n) is 16.0. The highest BCUT2D eigenvalue weighted by Gasteiger charge is 2.24. The highest BCUT2D eigenvalue weighted by atomic mass is 16.7. The molecule has 1 heterocycles. The fraction of sp³-hybridized carbons (Fsp3) is 0.455. The van der Waals surface area contributed by atoms with E-state index in [-0.39, 0.29) is 17.8 Å². The van der Waals surface area contributed by atoms with Gasteiger partial charge in [0.05, 0.1) is 6.61 Å². The molecule has 2 aromatic rings. The van der Waals surface area contributed by atoms with Gasteiger partial charge in [0.15, 0.2) is 6.29 Å². The van der Waals surface area contributed by atoms with Crippen molar-refractivity contribution in [2.24, 2.45) is 0 Å². The summed E-state index contributed by atoms with van der Waals surface area (Å²) in [6, 6.07) is 16.5. The van der Waals surface area contributed by atoms with Crippen LogP contribution in [-0.4, -0.2) is 32.2 Å². The van der Waals surface area contributed by atoms with E-state index in [1.165, 1.54) is 11.1 Å². The van der Waals surface area contributed by atoms with Crippen LogP contribution in [0.4, 0.5) is 0 Å². The third-order valence-electron chi connectivity index (χ3n) is 4.69. The minimum Gasteiger partial charge on any atom is -0.491 e. The molecule has 2 unspecified atom stereocenters. The molecule has 1 fully saturated rings. The fourth-order valence-electron chi connectivity index (χ4n) is 2.90. The van der Waals surface area contributed by atoms with E-state index < -0.39 is 0 Å². The van der Waals surface area contributed by atoms with E-state index in [0.29, 0.717) is 13.2 Å². The topological polar surface area (TPSA) is 40.2 Å². The van der Waals surface area contributed by atoms with Crippen LogP contribution in [0.3, 0.4) is 0 Å². The zero-order chi connectivity index (χ0) is 18.6. The number of hydrogen-bond acceptors (Lipinski definition) is 4. The number of ether oxygens (including phenoxy) is 4. The molecule has 4 nitrogen and oxygen atoms in total. The first-order valence-corrected chi connectivity index (χ1v) is 9.23. The van der Waals surface area contributed by atoms with Gasteiger partial charge in [-0.2, -0.15) is 0 Å². The van der Waals surface area contributed by atoms with Gasteiger partial charge in [0.1, 0.15) is 24.2 Å². The van der Waals surface area contributed by atoms with Gasteiger partial charge in [0.25, 0.3) is 0 Å². The van der Waals surface area contributed by atoms with E-state index in [1.807, 2.05) is 38.1 Å². The lowest BCUT2D eigenvalue weighted by Gasteiger charge is -2.26. The van der Waals surface area contributed by atoms with Gasteiger partial charge >= 0.3 is 0 Å². The van der Waals surface area contributed by atoms with Crippen LogP contribution in [0.5, 0.6) is 11.5 Å². The van der Waals surface area contributed by atoms with Crippen molar-refractivity contribution >= 4 is 0 Å². The Hall–Kier alpha value is -2.04. The first kappa shape index (κ1) is 18.7. The summed E-state index contributed by atoms with van der Waals surface area (Å²) >= 11 is 0. The molecule has 0 aromatic heterocycles. The lowest BCUT2D eigenvalue weighted by Crippen LogP contribution is -2.19. The molecule has 4 heteroatoms. The van der Waals surface area contributed by atoms with Crippen molar-refractivity contribution in [1.82, 2.24) is 0 Å². The van der Waals surface area contributed by atoms with Crippen molar-refractivity contribution in [2.45, 2.75) is 45.5 Å². The summed E-state index contributed by atoms with van der Waals surface area (Å²) in [6.07, 6.45) is 0.0322. The van der Waals surface area contributed by atoms with Crippen molar-refractivity contribution in [1.29, 1.82) is 0 Å². The SMILES string of the molecule is CCOC(C)Oc1ccc(C(C)(C)c2ccc(OCC3CO3)cc2)cc1. The normalized spacial score (nSPS) is 17.6. The van der Waals surface area contributed by atoms with Crippen LogP contribution in [0.1, 0.15) is 38.8 Å². The Balaban J connectivity index is 1.66. The maximum atomic E-state index is 5.75. The quantitative estimate of drug-likeness (QED) is 0.488. The van der Waals surface area contributed by atoms with E-state index >= 15 is 0 Å². The molecular weight excluding hydrogens is 328 g/mol. The smallest absolute Gasteiger partial charge is 0.196 e. The van der Waals surface area contributed by atoms with Crippen LogP contribution >= 0.6 is 0 Å². The minimum atomic E-state index is -0.243. The summed E-state index contributed by atoms with van der Waals surface area (Å²) in [4.78, 5) is 0. The summed E-state index contributed by atoms with van der Waals surface area (Å²) in [5.41, 5.74) is 2.36. The van der Waals surface area contributed by atoms with E-state index in [9.17, 15) is 0 Å². The molecule has 0 spiro atoms. The van der Waals surface area contributed by atoms with E-state index in [1.54, 1.807) is 0 Å². The molecule has 0 N–H and O–H groups in total. The van der Waals surface area contributed by atoms with Crippen LogP contribution < -0.4 is 9.47 Å². The third kappa shape index (κ3) is 4.77. The Morgan fingerprint density at radius 3 is 2.04 bits per heavy atom. The van der Waals surface area contributed by atoms with E-state index in [2.05, 4.69) is 38.1 Å². The minimum absolute atomic E-state index is 0.109. The molecule has 0 saturated carbocycles.